The number of carbonyl (C=O) groups is 1. The Morgan fingerprint density at radius 1 is 1.39 bits per heavy atom. The molecule has 1 amide bonds. The molecule has 2 fully saturated rings. The van der Waals surface area contributed by atoms with Gasteiger partial charge in [-0.15, -0.1) is 0 Å². The molecule has 0 aromatic heterocycles. The predicted molar refractivity (Wildman–Crippen MR) is 90.0 cm³/mol. The molecule has 1 heterocycles. The zero-order valence-electron chi connectivity index (χ0n) is 13.5. The summed E-state index contributed by atoms with van der Waals surface area (Å²) in [5.41, 5.74) is 0.277. The van der Waals surface area contributed by atoms with Gasteiger partial charge in [-0.05, 0) is 50.3 Å². The van der Waals surface area contributed by atoms with Crippen LogP contribution in [0.3, 0.4) is 0 Å². The van der Waals surface area contributed by atoms with Gasteiger partial charge in [-0.2, -0.15) is 0 Å². The molecule has 1 aromatic rings. The summed E-state index contributed by atoms with van der Waals surface area (Å²) >= 11 is 12.2. The van der Waals surface area contributed by atoms with E-state index in [0.29, 0.717) is 23.1 Å². The molecule has 2 aliphatic rings. The summed E-state index contributed by atoms with van der Waals surface area (Å²) in [7, 11) is 0. The van der Waals surface area contributed by atoms with Crippen molar-refractivity contribution in [1.82, 2.24) is 4.90 Å². The first kappa shape index (κ1) is 16.9. The molecule has 2 unspecified atom stereocenters. The maximum atomic E-state index is 12.3. The number of aliphatic hydroxyl groups is 1. The van der Waals surface area contributed by atoms with Crippen LogP contribution in [0.15, 0.2) is 18.2 Å². The molecule has 3 atom stereocenters. The highest BCUT2D eigenvalue weighted by Crippen LogP contribution is 2.64. The van der Waals surface area contributed by atoms with Gasteiger partial charge < -0.3 is 14.7 Å². The lowest BCUT2D eigenvalue weighted by Crippen LogP contribution is -2.39. The molecule has 0 radical (unpaired) electrons. The Kier molecular flexibility index (Phi) is 4.06. The van der Waals surface area contributed by atoms with Gasteiger partial charge in [0.15, 0.2) is 0 Å². The highest BCUT2D eigenvalue weighted by atomic mass is 35.5. The minimum absolute atomic E-state index is 0.104. The first-order valence-corrected chi connectivity index (χ1v) is 8.49. The molecule has 3 rings (SSSR count). The Hall–Kier alpha value is -0.970. The monoisotopic (exact) mass is 357 g/mol. The van der Waals surface area contributed by atoms with Crippen molar-refractivity contribution >= 4 is 29.3 Å². The van der Waals surface area contributed by atoms with Gasteiger partial charge in [-0.1, -0.05) is 29.3 Å². The Morgan fingerprint density at radius 2 is 2.09 bits per heavy atom. The number of aliphatic hydroxyl groups excluding tert-OH is 1. The van der Waals surface area contributed by atoms with Gasteiger partial charge in [0, 0.05) is 25.1 Å². The molecule has 6 heteroatoms. The van der Waals surface area contributed by atoms with Crippen LogP contribution in [0.1, 0.15) is 26.3 Å². The number of carbonyl (C=O) groups excluding carboxylic acids is 1. The third-order valence-electron chi connectivity index (χ3n) is 4.87. The van der Waals surface area contributed by atoms with Gasteiger partial charge in [0.1, 0.15) is 5.60 Å². The van der Waals surface area contributed by atoms with Crippen LogP contribution in [0.25, 0.3) is 0 Å². The molecule has 1 aliphatic heterocycles. The van der Waals surface area contributed by atoms with Gasteiger partial charge in [0.25, 0.3) is 0 Å². The Bertz CT molecular complexity index is 643. The summed E-state index contributed by atoms with van der Waals surface area (Å²) in [6.07, 6.45) is -0.305. The largest absolute Gasteiger partial charge is 0.444 e. The van der Waals surface area contributed by atoms with Crippen LogP contribution >= 0.6 is 23.2 Å². The fourth-order valence-electron chi connectivity index (χ4n) is 3.81. The average molecular weight is 358 g/mol. The molecule has 1 aromatic carbocycles. The number of piperidine rings is 1. The number of hydrogen-bond acceptors (Lipinski definition) is 3. The summed E-state index contributed by atoms with van der Waals surface area (Å²) in [5, 5.41) is 10.7. The predicted octanol–water partition coefficient (Wildman–Crippen LogP) is 3.72. The van der Waals surface area contributed by atoms with Gasteiger partial charge in [-0.25, -0.2) is 4.79 Å². The van der Waals surface area contributed by atoms with Crippen molar-refractivity contribution in [1.29, 1.82) is 0 Å². The highest BCUT2D eigenvalue weighted by Gasteiger charge is 2.70. The lowest BCUT2D eigenvalue weighted by atomic mass is 9.93. The van der Waals surface area contributed by atoms with Crippen LogP contribution in [0.4, 0.5) is 4.79 Å². The number of likely N-dealkylation sites (tertiary alicyclic amines) is 1. The number of halogens is 2. The van der Waals surface area contributed by atoms with Crippen LogP contribution in [-0.4, -0.2) is 41.4 Å². The van der Waals surface area contributed by atoms with E-state index in [1.807, 2.05) is 32.9 Å². The molecular formula is C17H21Cl2NO3. The van der Waals surface area contributed by atoms with E-state index >= 15 is 0 Å². The zero-order chi connectivity index (χ0) is 17.0. The van der Waals surface area contributed by atoms with E-state index in [-0.39, 0.29) is 30.0 Å². The smallest absolute Gasteiger partial charge is 0.410 e. The SMILES string of the molecule is CC(C)(C)OC(=O)N1CC2C(CO)[C@]2(c2ccc(Cl)c(Cl)c2)C1. The highest BCUT2D eigenvalue weighted by molar-refractivity contribution is 6.42. The summed E-state index contributed by atoms with van der Waals surface area (Å²) in [6, 6.07) is 5.56. The van der Waals surface area contributed by atoms with E-state index in [2.05, 4.69) is 0 Å². The standard InChI is InChI=1S/C17H21Cl2NO3/c1-16(2,3)23-15(22)20-7-11-12(8-21)17(11,9-20)10-4-5-13(18)14(19)6-10/h4-6,11-12,21H,7-9H2,1-3H3/t11?,12?,17-/m0/s1. The molecule has 4 nitrogen and oxygen atoms in total. The van der Waals surface area contributed by atoms with Crippen LogP contribution in [-0.2, 0) is 10.2 Å². The van der Waals surface area contributed by atoms with Crippen LogP contribution in [0, 0.1) is 11.8 Å². The second-order valence-corrected chi connectivity index (χ2v) is 8.24. The van der Waals surface area contributed by atoms with Crippen molar-refractivity contribution in [3.63, 3.8) is 0 Å². The minimum atomic E-state index is -0.517. The molecule has 1 saturated heterocycles. The fraction of sp³-hybridized carbons (Fsp3) is 0.588. The van der Waals surface area contributed by atoms with Crippen molar-refractivity contribution in [2.75, 3.05) is 19.7 Å². The summed E-state index contributed by atoms with van der Waals surface area (Å²) in [5.74, 6) is 0.385. The minimum Gasteiger partial charge on any atom is -0.444 e. The van der Waals surface area contributed by atoms with Crippen molar-refractivity contribution in [2.45, 2.75) is 31.8 Å². The van der Waals surface area contributed by atoms with Crippen molar-refractivity contribution in [3.8, 4) is 0 Å². The lowest BCUT2D eigenvalue weighted by Gasteiger charge is -2.27. The van der Waals surface area contributed by atoms with Crippen LogP contribution in [0.5, 0.6) is 0 Å². The quantitative estimate of drug-likeness (QED) is 0.877. The fourth-order valence-corrected chi connectivity index (χ4v) is 4.11. The number of rotatable bonds is 2. The van der Waals surface area contributed by atoms with Gasteiger partial charge in [0.2, 0.25) is 0 Å². The molecule has 0 bridgehead atoms. The van der Waals surface area contributed by atoms with E-state index in [9.17, 15) is 9.90 Å². The number of fused-ring (bicyclic) bond motifs is 1. The van der Waals surface area contributed by atoms with E-state index in [0.717, 1.165) is 5.56 Å². The number of amides is 1. The zero-order valence-corrected chi connectivity index (χ0v) is 15.0. The van der Waals surface area contributed by atoms with Crippen molar-refractivity contribution < 1.29 is 14.6 Å². The molecule has 1 N–H and O–H groups in total. The Morgan fingerprint density at radius 3 is 2.65 bits per heavy atom. The number of hydrogen-bond donors (Lipinski definition) is 1. The second kappa shape index (κ2) is 5.54. The third kappa shape index (κ3) is 2.81. The number of benzene rings is 1. The molecule has 1 aliphatic carbocycles. The first-order chi connectivity index (χ1) is 10.7. The number of nitrogens with zero attached hydrogens (tertiary/aromatic N) is 1. The normalized spacial score (nSPS) is 29.4. The maximum absolute atomic E-state index is 12.3. The summed E-state index contributed by atoms with van der Waals surface area (Å²) in [6.45, 7) is 6.80. The Labute approximate surface area is 146 Å². The Balaban J connectivity index is 1.83. The summed E-state index contributed by atoms with van der Waals surface area (Å²) < 4.78 is 5.46. The second-order valence-electron chi connectivity index (χ2n) is 7.43. The average Bonchev–Trinajstić information content (AvgIpc) is 2.87. The van der Waals surface area contributed by atoms with E-state index in [1.54, 1.807) is 11.0 Å². The van der Waals surface area contributed by atoms with Crippen LogP contribution in [0.2, 0.25) is 10.0 Å². The van der Waals surface area contributed by atoms with Gasteiger partial charge >= 0.3 is 6.09 Å². The van der Waals surface area contributed by atoms with Crippen LogP contribution < -0.4 is 0 Å². The number of ether oxygens (including phenoxy) is 1. The summed E-state index contributed by atoms with van der Waals surface area (Å²) in [4.78, 5) is 14.0. The molecule has 126 valence electrons. The topological polar surface area (TPSA) is 49.8 Å². The van der Waals surface area contributed by atoms with Gasteiger partial charge in [0.05, 0.1) is 10.0 Å². The molecule has 1 saturated carbocycles. The van der Waals surface area contributed by atoms with Gasteiger partial charge in [-0.3, -0.25) is 0 Å². The van der Waals surface area contributed by atoms with E-state index in [4.69, 9.17) is 27.9 Å². The molecular weight excluding hydrogens is 337 g/mol. The van der Waals surface area contributed by atoms with Crippen molar-refractivity contribution in [2.24, 2.45) is 11.8 Å². The maximum Gasteiger partial charge on any atom is 0.410 e. The van der Waals surface area contributed by atoms with E-state index < -0.39 is 5.60 Å². The lowest BCUT2D eigenvalue weighted by molar-refractivity contribution is 0.0254. The van der Waals surface area contributed by atoms with Crippen molar-refractivity contribution in [3.05, 3.63) is 33.8 Å². The molecule has 23 heavy (non-hydrogen) atoms. The van der Waals surface area contributed by atoms with E-state index in [1.165, 1.54) is 0 Å². The molecule has 0 spiro atoms. The third-order valence-corrected chi connectivity index (χ3v) is 5.61. The first-order valence-electron chi connectivity index (χ1n) is 7.73.